The molecule has 1 amide bonds. The van der Waals surface area contributed by atoms with Gasteiger partial charge >= 0.3 is 0 Å². The Bertz CT molecular complexity index is 733. The molecule has 0 aromatic heterocycles. The van der Waals surface area contributed by atoms with Crippen LogP contribution in [0.2, 0.25) is 10.0 Å². The predicted octanol–water partition coefficient (Wildman–Crippen LogP) is 2.13. The minimum atomic E-state index is -1.03. The van der Waals surface area contributed by atoms with Gasteiger partial charge in [-0.05, 0) is 32.0 Å². The molecule has 2 N–H and O–H groups in total. The van der Waals surface area contributed by atoms with Crippen LogP contribution in [0.25, 0.3) is 0 Å². The second-order valence-electron chi connectivity index (χ2n) is 7.35. The van der Waals surface area contributed by atoms with E-state index in [0.29, 0.717) is 15.8 Å². The smallest absolute Gasteiger partial charge is 0.217 e. The van der Waals surface area contributed by atoms with Crippen LogP contribution < -0.4 is 10.1 Å². The Kier molecular flexibility index (Phi) is 7.27. The third-order valence-corrected chi connectivity index (χ3v) is 5.11. The number of aliphatic hydroxyl groups is 1. The van der Waals surface area contributed by atoms with Gasteiger partial charge in [0.2, 0.25) is 5.91 Å². The summed E-state index contributed by atoms with van der Waals surface area (Å²) >= 11 is 11.9. The first kappa shape index (κ1) is 22.6. The van der Waals surface area contributed by atoms with Crippen molar-refractivity contribution in [2.24, 2.45) is 0 Å². The highest BCUT2D eigenvalue weighted by atomic mass is 35.5. The Balaban J connectivity index is 1.59. The van der Waals surface area contributed by atoms with Gasteiger partial charge in [0.15, 0.2) is 12.1 Å². The van der Waals surface area contributed by atoms with Gasteiger partial charge < -0.3 is 34.1 Å². The first-order valence-corrected chi connectivity index (χ1v) is 10.0. The van der Waals surface area contributed by atoms with Crippen molar-refractivity contribution in [1.82, 2.24) is 5.32 Å². The second kappa shape index (κ2) is 9.34. The first-order chi connectivity index (χ1) is 13.7. The minimum absolute atomic E-state index is 0.136. The molecule has 1 aromatic rings. The van der Waals surface area contributed by atoms with Crippen molar-refractivity contribution in [2.75, 3.05) is 19.8 Å². The van der Waals surface area contributed by atoms with Crippen LogP contribution in [0.4, 0.5) is 0 Å². The summed E-state index contributed by atoms with van der Waals surface area (Å²) in [6.07, 6.45) is -3.11. The maximum Gasteiger partial charge on any atom is 0.217 e. The molecule has 0 saturated carbocycles. The average molecular weight is 450 g/mol. The van der Waals surface area contributed by atoms with Crippen molar-refractivity contribution in [3.05, 3.63) is 28.2 Å². The number of nitrogens with one attached hydrogen (secondary N) is 1. The van der Waals surface area contributed by atoms with E-state index in [1.807, 2.05) is 0 Å². The third kappa shape index (κ3) is 5.73. The lowest BCUT2D eigenvalue weighted by Crippen LogP contribution is -2.68. The fourth-order valence-corrected chi connectivity index (χ4v) is 3.75. The van der Waals surface area contributed by atoms with Gasteiger partial charge in [0.05, 0.1) is 18.2 Å². The molecule has 2 aliphatic rings. The number of hydrogen-bond donors (Lipinski definition) is 2. The molecular formula is C19H25Cl2NO7. The molecule has 0 spiro atoms. The van der Waals surface area contributed by atoms with E-state index >= 15 is 0 Å². The molecule has 0 unspecified atom stereocenters. The number of amides is 1. The topological polar surface area (TPSA) is 95.5 Å². The molecule has 0 bridgehead atoms. The number of carbonyl (C=O) groups is 1. The zero-order chi connectivity index (χ0) is 21.2. The zero-order valence-corrected chi connectivity index (χ0v) is 17.9. The molecule has 10 heteroatoms. The summed E-state index contributed by atoms with van der Waals surface area (Å²) in [4.78, 5) is 11.6. The van der Waals surface area contributed by atoms with Crippen molar-refractivity contribution in [3.63, 3.8) is 0 Å². The van der Waals surface area contributed by atoms with Gasteiger partial charge in [0, 0.05) is 11.9 Å². The number of fused-ring (bicyclic) bond motifs is 1. The molecule has 5 atom stereocenters. The van der Waals surface area contributed by atoms with Crippen LogP contribution in [0.15, 0.2) is 18.2 Å². The van der Waals surface area contributed by atoms with Crippen LogP contribution >= 0.6 is 23.2 Å². The maximum atomic E-state index is 11.6. The minimum Gasteiger partial charge on any atom is -0.490 e. The summed E-state index contributed by atoms with van der Waals surface area (Å²) in [5.74, 6) is -0.703. The fourth-order valence-electron chi connectivity index (χ4n) is 3.28. The summed E-state index contributed by atoms with van der Waals surface area (Å²) in [5, 5.41) is 14.4. The van der Waals surface area contributed by atoms with E-state index in [1.54, 1.807) is 32.0 Å². The summed E-state index contributed by atoms with van der Waals surface area (Å²) in [7, 11) is 0. The first-order valence-electron chi connectivity index (χ1n) is 9.28. The van der Waals surface area contributed by atoms with Crippen LogP contribution in [0.1, 0.15) is 20.8 Å². The van der Waals surface area contributed by atoms with E-state index in [2.05, 4.69) is 5.32 Å². The quantitative estimate of drug-likeness (QED) is 0.642. The van der Waals surface area contributed by atoms with Crippen LogP contribution in [0.5, 0.6) is 5.75 Å². The number of rotatable bonds is 6. The van der Waals surface area contributed by atoms with Gasteiger partial charge in [-0.25, -0.2) is 0 Å². The van der Waals surface area contributed by atoms with Gasteiger partial charge in [0.1, 0.15) is 36.7 Å². The molecule has 2 heterocycles. The Morgan fingerprint density at radius 2 is 2.10 bits per heavy atom. The van der Waals surface area contributed by atoms with Crippen molar-refractivity contribution in [2.45, 2.75) is 57.2 Å². The van der Waals surface area contributed by atoms with Crippen LogP contribution in [0, 0.1) is 0 Å². The van der Waals surface area contributed by atoms with E-state index in [4.69, 9.17) is 46.9 Å². The number of aliphatic hydroxyl groups excluding tert-OH is 1. The van der Waals surface area contributed by atoms with E-state index in [0.717, 1.165) is 0 Å². The third-order valence-electron chi connectivity index (χ3n) is 4.58. The number of carbonyl (C=O) groups excluding carboxylic acids is 1. The highest BCUT2D eigenvalue weighted by Crippen LogP contribution is 2.33. The lowest BCUT2D eigenvalue weighted by atomic mass is 9.95. The summed E-state index contributed by atoms with van der Waals surface area (Å²) in [5.41, 5.74) is 0. The molecular weight excluding hydrogens is 425 g/mol. The van der Waals surface area contributed by atoms with Gasteiger partial charge in [-0.3, -0.25) is 4.79 Å². The Labute approximate surface area is 179 Å². The summed E-state index contributed by atoms with van der Waals surface area (Å²) < 4.78 is 28.7. The predicted molar refractivity (Wildman–Crippen MR) is 105 cm³/mol. The Morgan fingerprint density at radius 1 is 1.34 bits per heavy atom. The molecule has 29 heavy (non-hydrogen) atoms. The van der Waals surface area contributed by atoms with E-state index in [1.165, 1.54) is 6.92 Å². The lowest BCUT2D eigenvalue weighted by molar-refractivity contribution is -0.369. The number of benzene rings is 1. The molecule has 3 rings (SSSR count). The van der Waals surface area contributed by atoms with Crippen LogP contribution in [-0.4, -0.2) is 67.3 Å². The molecule has 2 fully saturated rings. The fraction of sp³-hybridized carbons (Fsp3) is 0.632. The molecule has 1 aromatic carbocycles. The lowest BCUT2D eigenvalue weighted by Gasteiger charge is -2.49. The SMILES string of the molecule is CC(=O)N[C@H]1[C@@H](OCCOc2ccc(Cl)cc2Cl)O[C@@H]2COC(C)(C)O[C@@H]2[C@H]1O. The van der Waals surface area contributed by atoms with Crippen molar-refractivity contribution in [1.29, 1.82) is 0 Å². The second-order valence-corrected chi connectivity index (χ2v) is 8.19. The van der Waals surface area contributed by atoms with Crippen molar-refractivity contribution >= 4 is 29.1 Å². The van der Waals surface area contributed by atoms with Gasteiger partial charge in [-0.15, -0.1) is 0 Å². The van der Waals surface area contributed by atoms with Gasteiger partial charge in [-0.2, -0.15) is 0 Å². The van der Waals surface area contributed by atoms with E-state index < -0.39 is 36.4 Å². The number of halogens is 2. The maximum absolute atomic E-state index is 11.6. The normalized spacial score (nSPS) is 31.0. The standard InChI is InChI=1S/C19H25Cl2NO7/c1-10(23)22-15-16(24)17-14(9-27-19(2,3)29-17)28-18(15)26-7-6-25-13-5-4-11(20)8-12(13)21/h4-5,8,14-18,24H,6-7,9H2,1-3H3,(H,22,23)/t14-,15-,16+,17+,18+/m1/s1. The Hall–Kier alpha value is -1.13. The largest absolute Gasteiger partial charge is 0.490 e. The molecule has 8 nitrogen and oxygen atoms in total. The molecule has 162 valence electrons. The van der Waals surface area contributed by atoms with Gasteiger partial charge in [-0.1, -0.05) is 23.2 Å². The monoisotopic (exact) mass is 449 g/mol. The van der Waals surface area contributed by atoms with Gasteiger partial charge in [0.25, 0.3) is 0 Å². The van der Waals surface area contributed by atoms with Crippen molar-refractivity contribution < 1.29 is 33.6 Å². The zero-order valence-electron chi connectivity index (χ0n) is 16.4. The highest BCUT2D eigenvalue weighted by molar-refractivity contribution is 6.35. The number of hydrogen-bond acceptors (Lipinski definition) is 7. The highest BCUT2D eigenvalue weighted by Gasteiger charge is 2.51. The van der Waals surface area contributed by atoms with E-state index in [9.17, 15) is 9.90 Å². The average Bonchev–Trinajstić information content (AvgIpc) is 2.63. The van der Waals surface area contributed by atoms with Crippen LogP contribution in [-0.2, 0) is 23.7 Å². The Morgan fingerprint density at radius 3 is 2.79 bits per heavy atom. The molecule has 0 radical (unpaired) electrons. The summed E-state index contributed by atoms with van der Waals surface area (Å²) in [6.45, 7) is 5.42. The molecule has 0 aliphatic carbocycles. The number of ether oxygens (including phenoxy) is 5. The van der Waals surface area contributed by atoms with E-state index in [-0.39, 0.29) is 25.7 Å². The molecule has 2 aliphatic heterocycles. The summed E-state index contributed by atoms with van der Waals surface area (Å²) in [6, 6.07) is 4.11. The molecule has 2 saturated heterocycles. The van der Waals surface area contributed by atoms with Crippen LogP contribution in [0.3, 0.4) is 0 Å². The van der Waals surface area contributed by atoms with Crippen molar-refractivity contribution in [3.8, 4) is 5.75 Å².